The number of ether oxygens (including phenoxy) is 1. The Morgan fingerprint density at radius 3 is 2.00 bits per heavy atom. The minimum Gasteiger partial charge on any atom is -0.477 e. The normalized spacial score (nSPS) is 14.6. The fraction of sp³-hybridized carbons (Fsp3) is 0.174. The maximum Gasteiger partial charge on any atom is 0.163 e. The average molecular weight is 328 g/mol. The lowest BCUT2D eigenvalue weighted by atomic mass is 9.82. The summed E-state index contributed by atoms with van der Waals surface area (Å²) in [5, 5.41) is 0. The van der Waals surface area contributed by atoms with E-state index in [-0.39, 0.29) is 5.78 Å². The first kappa shape index (κ1) is 15.6. The summed E-state index contributed by atoms with van der Waals surface area (Å²) < 4.78 is 6.57. The molecule has 0 fully saturated rings. The topological polar surface area (TPSA) is 26.3 Å². The van der Waals surface area contributed by atoms with E-state index in [0.29, 0.717) is 0 Å². The minimum atomic E-state index is -0.549. The number of hydrogen-bond donors (Lipinski definition) is 0. The zero-order valence-corrected chi connectivity index (χ0v) is 14.5. The van der Waals surface area contributed by atoms with Gasteiger partial charge in [0.25, 0.3) is 0 Å². The van der Waals surface area contributed by atoms with Crippen molar-refractivity contribution in [2.24, 2.45) is 0 Å². The molecule has 2 heteroatoms. The SMILES string of the molecule is CC(=O)c1cc2c(cc1C)OC(c1ccccc1)(c1ccccc1)C2. The van der Waals surface area contributed by atoms with Crippen molar-refractivity contribution in [1.82, 2.24) is 0 Å². The van der Waals surface area contributed by atoms with Gasteiger partial charge in [-0.25, -0.2) is 0 Å². The van der Waals surface area contributed by atoms with E-state index < -0.39 is 5.60 Å². The summed E-state index contributed by atoms with van der Waals surface area (Å²) in [5.41, 5.74) is 4.52. The van der Waals surface area contributed by atoms with Crippen LogP contribution < -0.4 is 4.74 Å². The van der Waals surface area contributed by atoms with Gasteiger partial charge in [-0.15, -0.1) is 0 Å². The third-order valence-corrected chi connectivity index (χ3v) is 4.99. The molecule has 0 N–H and O–H groups in total. The van der Waals surface area contributed by atoms with Gasteiger partial charge in [0.15, 0.2) is 11.4 Å². The summed E-state index contributed by atoms with van der Waals surface area (Å²) in [7, 11) is 0. The predicted molar refractivity (Wildman–Crippen MR) is 99.2 cm³/mol. The van der Waals surface area contributed by atoms with Crippen LogP contribution in [0.15, 0.2) is 72.8 Å². The van der Waals surface area contributed by atoms with E-state index in [4.69, 9.17) is 4.74 Å². The molecule has 1 aliphatic heterocycles. The van der Waals surface area contributed by atoms with Crippen LogP contribution in [0.1, 0.15) is 39.5 Å². The van der Waals surface area contributed by atoms with Crippen molar-refractivity contribution in [3.05, 3.63) is 101 Å². The molecule has 3 aromatic rings. The number of carbonyl (C=O) groups is 1. The first-order valence-electron chi connectivity index (χ1n) is 8.55. The Morgan fingerprint density at radius 2 is 1.48 bits per heavy atom. The van der Waals surface area contributed by atoms with E-state index in [0.717, 1.165) is 40.0 Å². The van der Waals surface area contributed by atoms with Gasteiger partial charge in [0.2, 0.25) is 0 Å². The second-order valence-electron chi connectivity index (χ2n) is 6.67. The largest absolute Gasteiger partial charge is 0.477 e. The highest BCUT2D eigenvalue weighted by molar-refractivity contribution is 5.96. The van der Waals surface area contributed by atoms with Crippen LogP contribution in [0.3, 0.4) is 0 Å². The van der Waals surface area contributed by atoms with E-state index in [2.05, 4.69) is 24.3 Å². The molecule has 0 aliphatic carbocycles. The smallest absolute Gasteiger partial charge is 0.163 e. The molecule has 2 nitrogen and oxygen atoms in total. The number of aryl methyl sites for hydroxylation is 1. The zero-order chi connectivity index (χ0) is 17.4. The van der Waals surface area contributed by atoms with E-state index >= 15 is 0 Å². The van der Waals surface area contributed by atoms with Crippen LogP contribution in [0, 0.1) is 6.92 Å². The molecule has 0 spiro atoms. The van der Waals surface area contributed by atoms with Gasteiger partial charge in [-0.3, -0.25) is 4.79 Å². The van der Waals surface area contributed by atoms with Crippen molar-refractivity contribution in [2.45, 2.75) is 25.9 Å². The third-order valence-electron chi connectivity index (χ3n) is 4.99. The first-order valence-corrected chi connectivity index (χ1v) is 8.55. The lowest BCUT2D eigenvalue weighted by Crippen LogP contribution is -2.32. The number of carbonyl (C=O) groups excluding carboxylic acids is 1. The molecule has 0 saturated carbocycles. The van der Waals surface area contributed by atoms with Gasteiger partial charge in [-0.2, -0.15) is 0 Å². The molecular weight excluding hydrogens is 308 g/mol. The van der Waals surface area contributed by atoms with Gasteiger partial charge in [0.05, 0.1) is 0 Å². The van der Waals surface area contributed by atoms with Gasteiger partial charge in [-0.1, -0.05) is 60.7 Å². The molecule has 0 atom stereocenters. The van der Waals surface area contributed by atoms with Crippen molar-refractivity contribution < 1.29 is 9.53 Å². The fourth-order valence-corrected chi connectivity index (χ4v) is 3.73. The molecule has 0 aromatic heterocycles. The Hall–Kier alpha value is -2.87. The Morgan fingerprint density at radius 1 is 0.920 bits per heavy atom. The molecule has 25 heavy (non-hydrogen) atoms. The van der Waals surface area contributed by atoms with E-state index in [9.17, 15) is 4.79 Å². The molecule has 0 bridgehead atoms. The summed E-state index contributed by atoms with van der Waals surface area (Å²) >= 11 is 0. The number of benzene rings is 3. The third kappa shape index (κ3) is 2.54. The summed E-state index contributed by atoms with van der Waals surface area (Å²) in [6.45, 7) is 3.58. The molecule has 3 aromatic carbocycles. The summed E-state index contributed by atoms with van der Waals surface area (Å²) in [6, 6.07) is 24.6. The van der Waals surface area contributed by atoms with Crippen LogP contribution in [0.2, 0.25) is 0 Å². The highest BCUT2D eigenvalue weighted by atomic mass is 16.5. The molecule has 0 saturated heterocycles. The minimum absolute atomic E-state index is 0.0947. The molecule has 0 amide bonds. The second-order valence-corrected chi connectivity index (χ2v) is 6.67. The van der Waals surface area contributed by atoms with Crippen molar-refractivity contribution in [1.29, 1.82) is 0 Å². The lowest BCUT2D eigenvalue weighted by molar-refractivity contribution is 0.101. The molecule has 4 rings (SSSR count). The van der Waals surface area contributed by atoms with Crippen LogP contribution in [0.25, 0.3) is 0 Å². The van der Waals surface area contributed by atoms with Gasteiger partial charge < -0.3 is 4.74 Å². The quantitative estimate of drug-likeness (QED) is 0.627. The highest BCUT2D eigenvalue weighted by Gasteiger charge is 2.43. The Labute approximate surface area is 148 Å². The van der Waals surface area contributed by atoms with E-state index in [1.54, 1.807) is 6.92 Å². The van der Waals surface area contributed by atoms with Crippen molar-refractivity contribution in [3.63, 3.8) is 0 Å². The van der Waals surface area contributed by atoms with Gasteiger partial charge in [0.1, 0.15) is 5.75 Å². The maximum absolute atomic E-state index is 11.9. The van der Waals surface area contributed by atoms with Crippen LogP contribution >= 0.6 is 0 Å². The molecule has 1 heterocycles. The number of rotatable bonds is 3. The monoisotopic (exact) mass is 328 g/mol. The van der Waals surface area contributed by atoms with Crippen molar-refractivity contribution in [3.8, 4) is 5.75 Å². The van der Waals surface area contributed by atoms with Crippen LogP contribution in [0.5, 0.6) is 5.75 Å². The Kier molecular flexibility index (Phi) is 3.69. The van der Waals surface area contributed by atoms with Gasteiger partial charge in [-0.05, 0) is 37.1 Å². The first-order chi connectivity index (χ1) is 12.1. The number of fused-ring (bicyclic) bond motifs is 1. The van der Waals surface area contributed by atoms with Crippen LogP contribution in [0.4, 0.5) is 0 Å². The van der Waals surface area contributed by atoms with E-state index in [1.807, 2.05) is 55.5 Å². The number of hydrogen-bond acceptors (Lipinski definition) is 2. The van der Waals surface area contributed by atoms with Crippen LogP contribution in [-0.4, -0.2) is 5.78 Å². The molecule has 0 radical (unpaired) electrons. The summed E-state index contributed by atoms with van der Waals surface area (Å²) in [5.74, 6) is 0.965. The molecular formula is C23H20O2. The van der Waals surface area contributed by atoms with E-state index in [1.165, 1.54) is 0 Å². The second kappa shape index (κ2) is 5.89. The average Bonchev–Trinajstić information content (AvgIpc) is 3.02. The predicted octanol–water partition coefficient (Wildman–Crippen LogP) is 5.08. The summed E-state index contributed by atoms with van der Waals surface area (Å²) in [4.78, 5) is 11.9. The fourth-order valence-electron chi connectivity index (χ4n) is 3.73. The molecule has 124 valence electrons. The highest BCUT2D eigenvalue weighted by Crippen LogP contribution is 2.46. The number of ketones is 1. The summed E-state index contributed by atoms with van der Waals surface area (Å²) in [6.07, 6.45) is 0.719. The molecule has 0 unspecified atom stereocenters. The number of Topliss-reactive ketones (excluding diaryl/α,β-unsaturated/α-hetero) is 1. The molecule has 1 aliphatic rings. The standard InChI is InChI=1S/C23H20O2/c1-16-13-22-18(14-21(16)17(2)24)15-23(25-22,19-9-5-3-6-10-19)20-11-7-4-8-12-20/h3-14H,15H2,1-2H3. The Bertz CT molecular complexity index is 888. The van der Waals surface area contributed by atoms with Crippen LogP contribution in [-0.2, 0) is 12.0 Å². The van der Waals surface area contributed by atoms with Crippen molar-refractivity contribution >= 4 is 5.78 Å². The Balaban J connectivity index is 1.89. The lowest BCUT2D eigenvalue weighted by Gasteiger charge is -2.30. The van der Waals surface area contributed by atoms with Gasteiger partial charge in [0, 0.05) is 23.1 Å². The maximum atomic E-state index is 11.9. The van der Waals surface area contributed by atoms with Crippen molar-refractivity contribution in [2.75, 3.05) is 0 Å². The zero-order valence-electron chi connectivity index (χ0n) is 14.5. The van der Waals surface area contributed by atoms with Gasteiger partial charge >= 0.3 is 0 Å².